The Bertz CT molecular complexity index is 1140. The van der Waals surface area contributed by atoms with Gasteiger partial charge in [-0.1, -0.05) is 17.7 Å². The number of aryl methyl sites for hydroxylation is 2. The molecule has 8 heteroatoms. The first-order valence-corrected chi connectivity index (χ1v) is 10.5. The number of aromatic nitrogens is 2. The Labute approximate surface area is 187 Å². The zero-order chi connectivity index (χ0) is 21.8. The van der Waals surface area contributed by atoms with Crippen LogP contribution in [0.25, 0.3) is 11.4 Å². The molecule has 0 bridgehead atoms. The Morgan fingerprint density at radius 1 is 1.20 bits per heavy atom. The summed E-state index contributed by atoms with van der Waals surface area (Å²) in [7, 11) is 0. The van der Waals surface area contributed by atoms with Gasteiger partial charge in [0.1, 0.15) is 12.4 Å². The van der Waals surface area contributed by atoms with Gasteiger partial charge in [-0.15, -0.1) is 0 Å². The summed E-state index contributed by atoms with van der Waals surface area (Å²) in [6, 6.07) is 12.5. The van der Waals surface area contributed by atoms with Gasteiger partial charge in [0.2, 0.25) is 5.91 Å². The number of benzene rings is 2. The van der Waals surface area contributed by atoms with E-state index in [-0.39, 0.29) is 31.0 Å². The van der Waals surface area contributed by atoms with Crippen LogP contribution in [0.1, 0.15) is 16.8 Å². The van der Waals surface area contributed by atoms with Crippen LogP contribution in [0.5, 0.6) is 0 Å². The lowest BCUT2D eigenvalue weighted by Gasteiger charge is -2.16. The Hall–Kier alpha value is -2.48. The SMILES string of the molecule is Cc1ccc(NC(=O)Cn2c(-c3ccc(Cl)cc3)nc(C)c(CCO)c2=O)c(Br)c1. The molecule has 3 rings (SSSR count). The number of carbonyl (C=O) groups is 1. The first kappa shape index (κ1) is 22.2. The van der Waals surface area contributed by atoms with Crippen molar-refractivity contribution in [2.75, 3.05) is 11.9 Å². The van der Waals surface area contributed by atoms with Crippen LogP contribution in [0, 0.1) is 13.8 Å². The molecule has 30 heavy (non-hydrogen) atoms. The molecule has 2 aromatic carbocycles. The van der Waals surface area contributed by atoms with Crippen LogP contribution in [0.2, 0.25) is 5.02 Å². The van der Waals surface area contributed by atoms with Crippen LogP contribution < -0.4 is 10.9 Å². The van der Waals surface area contributed by atoms with Crippen LogP contribution in [0.3, 0.4) is 0 Å². The molecular formula is C22H21BrClN3O3. The molecule has 0 aliphatic carbocycles. The maximum Gasteiger partial charge on any atom is 0.257 e. The Balaban J connectivity index is 2.02. The van der Waals surface area contributed by atoms with E-state index in [4.69, 9.17) is 11.6 Å². The normalized spacial score (nSPS) is 10.8. The summed E-state index contributed by atoms with van der Waals surface area (Å²) in [5, 5.41) is 12.7. The topological polar surface area (TPSA) is 84.2 Å². The minimum absolute atomic E-state index is 0.170. The molecule has 0 atom stereocenters. The van der Waals surface area contributed by atoms with Gasteiger partial charge in [0, 0.05) is 39.3 Å². The molecule has 0 aliphatic rings. The lowest BCUT2D eigenvalue weighted by Crippen LogP contribution is -2.33. The van der Waals surface area contributed by atoms with Crippen LogP contribution in [-0.4, -0.2) is 27.2 Å². The number of carbonyl (C=O) groups excluding carboxylic acids is 1. The van der Waals surface area contributed by atoms with E-state index >= 15 is 0 Å². The average Bonchev–Trinajstić information content (AvgIpc) is 2.70. The summed E-state index contributed by atoms with van der Waals surface area (Å²) < 4.78 is 2.09. The molecule has 0 aliphatic heterocycles. The van der Waals surface area contributed by atoms with E-state index in [2.05, 4.69) is 26.2 Å². The average molecular weight is 491 g/mol. The quantitative estimate of drug-likeness (QED) is 0.544. The van der Waals surface area contributed by atoms with Crippen molar-refractivity contribution in [1.29, 1.82) is 0 Å². The van der Waals surface area contributed by atoms with Crippen LogP contribution >= 0.6 is 27.5 Å². The third kappa shape index (κ3) is 4.98. The summed E-state index contributed by atoms with van der Waals surface area (Å²) in [5.74, 6) is 0.00597. The van der Waals surface area contributed by atoms with Crippen molar-refractivity contribution in [3.05, 3.63) is 79.1 Å². The van der Waals surface area contributed by atoms with Gasteiger partial charge in [-0.25, -0.2) is 4.98 Å². The fourth-order valence-electron chi connectivity index (χ4n) is 3.12. The number of rotatable bonds is 6. The van der Waals surface area contributed by atoms with Crippen LogP contribution in [0.4, 0.5) is 5.69 Å². The maximum absolute atomic E-state index is 13.1. The summed E-state index contributed by atoms with van der Waals surface area (Å²) in [6.07, 6.45) is 0.170. The number of hydrogen-bond acceptors (Lipinski definition) is 4. The highest BCUT2D eigenvalue weighted by Gasteiger charge is 2.18. The Morgan fingerprint density at radius 2 is 1.90 bits per heavy atom. The number of hydrogen-bond donors (Lipinski definition) is 2. The van der Waals surface area contributed by atoms with Crippen molar-refractivity contribution in [3.63, 3.8) is 0 Å². The van der Waals surface area contributed by atoms with E-state index in [1.165, 1.54) is 4.57 Å². The molecule has 0 saturated carbocycles. The smallest absolute Gasteiger partial charge is 0.257 e. The van der Waals surface area contributed by atoms with Crippen molar-refractivity contribution < 1.29 is 9.90 Å². The van der Waals surface area contributed by atoms with Gasteiger partial charge in [0.05, 0.1) is 5.69 Å². The number of halogens is 2. The molecule has 0 radical (unpaired) electrons. The number of aliphatic hydroxyl groups excluding tert-OH is 1. The van der Waals surface area contributed by atoms with Gasteiger partial charge < -0.3 is 10.4 Å². The zero-order valence-corrected chi connectivity index (χ0v) is 18.9. The van der Waals surface area contributed by atoms with E-state index in [1.807, 2.05) is 19.1 Å². The molecule has 156 valence electrons. The Kier molecular flexibility index (Phi) is 7.07. The van der Waals surface area contributed by atoms with E-state index in [0.29, 0.717) is 33.4 Å². The number of anilines is 1. The van der Waals surface area contributed by atoms with E-state index in [1.54, 1.807) is 37.3 Å². The molecule has 0 saturated heterocycles. The van der Waals surface area contributed by atoms with Crippen molar-refractivity contribution in [2.24, 2.45) is 0 Å². The van der Waals surface area contributed by atoms with E-state index < -0.39 is 0 Å². The molecule has 1 amide bonds. The highest BCUT2D eigenvalue weighted by Crippen LogP contribution is 2.24. The minimum Gasteiger partial charge on any atom is -0.396 e. The molecule has 0 fully saturated rings. The third-order valence-corrected chi connectivity index (χ3v) is 5.54. The first-order valence-electron chi connectivity index (χ1n) is 9.33. The maximum atomic E-state index is 13.1. The third-order valence-electron chi connectivity index (χ3n) is 4.63. The van der Waals surface area contributed by atoms with Gasteiger partial charge in [-0.2, -0.15) is 0 Å². The molecule has 0 spiro atoms. The summed E-state index contributed by atoms with van der Waals surface area (Å²) in [5.41, 5.74) is 2.90. The zero-order valence-electron chi connectivity index (χ0n) is 16.6. The van der Waals surface area contributed by atoms with Crippen LogP contribution in [0.15, 0.2) is 51.7 Å². The van der Waals surface area contributed by atoms with Gasteiger partial charge in [0.25, 0.3) is 5.56 Å². The molecule has 2 N–H and O–H groups in total. The van der Waals surface area contributed by atoms with E-state index in [9.17, 15) is 14.7 Å². The molecule has 1 heterocycles. The summed E-state index contributed by atoms with van der Waals surface area (Å²) >= 11 is 9.42. The number of nitrogens with zero attached hydrogens (tertiary/aromatic N) is 2. The second kappa shape index (κ2) is 9.55. The van der Waals surface area contributed by atoms with Crippen molar-refractivity contribution in [2.45, 2.75) is 26.8 Å². The summed E-state index contributed by atoms with van der Waals surface area (Å²) in [4.78, 5) is 30.5. The number of aliphatic hydroxyl groups is 1. The highest BCUT2D eigenvalue weighted by atomic mass is 79.9. The first-order chi connectivity index (χ1) is 14.3. The molecule has 3 aromatic rings. The number of amides is 1. The molecule has 6 nitrogen and oxygen atoms in total. The van der Waals surface area contributed by atoms with E-state index in [0.717, 1.165) is 10.0 Å². The fraction of sp³-hybridized carbons (Fsp3) is 0.227. The lowest BCUT2D eigenvalue weighted by atomic mass is 10.1. The predicted octanol–water partition coefficient (Wildman–Crippen LogP) is 4.12. The van der Waals surface area contributed by atoms with Gasteiger partial charge in [0.15, 0.2) is 0 Å². The highest BCUT2D eigenvalue weighted by molar-refractivity contribution is 9.10. The predicted molar refractivity (Wildman–Crippen MR) is 122 cm³/mol. The fourth-order valence-corrected chi connectivity index (χ4v) is 3.84. The minimum atomic E-state index is -0.363. The second-order valence-electron chi connectivity index (χ2n) is 6.90. The second-order valence-corrected chi connectivity index (χ2v) is 8.19. The van der Waals surface area contributed by atoms with Gasteiger partial charge >= 0.3 is 0 Å². The molecule has 1 aromatic heterocycles. The lowest BCUT2D eigenvalue weighted by molar-refractivity contribution is -0.116. The summed E-state index contributed by atoms with van der Waals surface area (Å²) in [6.45, 7) is 3.28. The molecule has 0 unspecified atom stereocenters. The van der Waals surface area contributed by atoms with Gasteiger partial charge in [-0.05, 0) is 71.7 Å². The molecular weight excluding hydrogens is 470 g/mol. The largest absolute Gasteiger partial charge is 0.396 e. The number of nitrogens with one attached hydrogen (secondary N) is 1. The standard InChI is InChI=1S/C22H21BrClN3O3/c1-13-3-8-19(18(23)11-13)26-20(29)12-27-21(15-4-6-16(24)7-5-15)25-14(2)17(9-10-28)22(27)30/h3-8,11,28H,9-10,12H2,1-2H3,(H,26,29). The van der Waals surface area contributed by atoms with Crippen molar-refractivity contribution in [3.8, 4) is 11.4 Å². The van der Waals surface area contributed by atoms with Gasteiger partial charge in [-0.3, -0.25) is 14.2 Å². The van der Waals surface area contributed by atoms with Crippen molar-refractivity contribution >= 4 is 39.1 Å². The Morgan fingerprint density at radius 3 is 2.53 bits per heavy atom. The monoisotopic (exact) mass is 489 g/mol. The van der Waals surface area contributed by atoms with Crippen LogP contribution in [-0.2, 0) is 17.8 Å². The van der Waals surface area contributed by atoms with Crippen molar-refractivity contribution in [1.82, 2.24) is 9.55 Å².